The molecule has 1 saturated heterocycles. The van der Waals surface area contributed by atoms with E-state index in [9.17, 15) is 14.4 Å². The summed E-state index contributed by atoms with van der Waals surface area (Å²) >= 11 is 1.53. The Kier molecular flexibility index (Phi) is 7.78. The van der Waals surface area contributed by atoms with E-state index in [4.69, 9.17) is 14.2 Å². The van der Waals surface area contributed by atoms with Crippen LogP contribution in [0.25, 0.3) is 22.4 Å². The van der Waals surface area contributed by atoms with E-state index in [2.05, 4.69) is 21.5 Å². The maximum Gasteiger partial charge on any atom is 0.360 e. The number of hydrogen-bond acceptors (Lipinski definition) is 8. The number of fused-ring (bicyclic) bond motifs is 1. The lowest BCUT2D eigenvalue weighted by Gasteiger charge is -2.33. The normalized spacial score (nSPS) is 14.9. The van der Waals surface area contributed by atoms with Gasteiger partial charge in [0.1, 0.15) is 11.7 Å². The van der Waals surface area contributed by atoms with Crippen LogP contribution < -0.4 is 5.32 Å². The van der Waals surface area contributed by atoms with Crippen LogP contribution in [0, 0.1) is 6.92 Å². The number of benzene rings is 1. The third-order valence-electron chi connectivity index (χ3n) is 6.95. The molecule has 1 aliphatic rings. The van der Waals surface area contributed by atoms with Gasteiger partial charge in [-0.2, -0.15) is 0 Å². The zero-order chi connectivity index (χ0) is 27.5. The Morgan fingerprint density at radius 1 is 1.26 bits per heavy atom. The monoisotopic (exact) mass is 549 g/mol. The molecule has 1 aromatic carbocycles. The number of aromatic nitrogens is 3. The summed E-state index contributed by atoms with van der Waals surface area (Å²) < 4.78 is 10.3. The number of esters is 1. The third kappa shape index (κ3) is 5.88. The number of rotatable bonds is 8. The summed E-state index contributed by atoms with van der Waals surface area (Å²) in [5, 5.41) is 10.6. The standard InChI is InChI=1S/C28H31N5O5S/c1-4-37-28(36)23-13-25(38-32-23)24-15-39-26(31-24)18-7-9-33(10-8-18)27(35)22(30-17(3)34)12-19-14-29-21-6-5-16(2)11-20(19)21/h5-6,11,13-15,18,22,29H,4,7-10,12H2,1-3H3,(H,30,34). The van der Waals surface area contributed by atoms with E-state index >= 15 is 0 Å². The van der Waals surface area contributed by atoms with Crippen LogP contribution in [-0.2, 0) is 20.7 Å². The highest BCUT2D eigenvalue weighted by Crippen LogP contribution is 2.33. The maximum absolute atomic E-state index is 13.5. The summed E-state index contributed by atoms with van der Waals surface area (Å²) in [6, 6.07) is 7.07. The third-order valence-corrected chi connectivity index (χ3v) is 7.95. The number of nitrogens with zero attached hydrogens (tertiary/aromatic N) is 3. The second kappa shape index (κ2) is 11.4. The van der Waals surface area contributed by atoms with E-state index in [1.807, 2.05) is 35.5 Å². The van der Waals surface area contributed by atoms with E-state index in [0.29, 0.717) is 31.0 Å². The topological polar surface area (TPSA) is 130 Å². The average Bonchev–Trinajstić information content (AvgIpc) is 3.68. The molecule has 1 unspecified atom stereocenters. The zero-order valence-electron chi connectivity index (χ0n) is 22.2. The molecule has 1 aliphatic heterocycles. The number of hydrogen-bond donors (Lipinski definition) is 2. The van der Waals surface area contributed by atoms with Gasteiger partial charge < -0.3 is 24.5 Å². The van der Waals surface area contributed by atoms with Gasteiger partial charge in [-0.15, -0.1) is 11.3 Å². The summed E-state index contributed by atoms with van der Waals surface area (Å²) in [7, 11) is 0. The smallest absolute Gasteiger partial charge is 0.360 e. The van der Waals surface area contributed by atoms with Gasteiger partial charge in [0.2, 0.25) is 11.8 Å². The molecule has 4 aromatic rings. The quantitative estimate of drug-likeness (QED) is 0.315. The first-order valence-corrected chi connectivity index (χ1v) is 13.9. The molecule has 10 nitrogen and oxygen atoms in total. The molecular formula is C28H31N5O5S. The number of likely N-dealkylation sites (tertiary alicyclic amines) is 1. The maximum atomic E-state index is 13.5. The summed E-state index contributed by atoms with van der Waals surface area (Å²) in [5.41, 5.74) is 3.89. The zero-order valence-corrected chi connectivity index (χ0v) is 23.0. The Morgan fingerprint density at radius 2 is 2.05 bits per heavy atom. The van der Waals surface area contributed by atoms with Crippen molar-refractivity contribution in [1.82, 2.24) is 25.3 Å². The summed E-state index contributed by atoms with van der Waals surface area (Å²) in [4.78, 5) is 47.2. The fraction of sp³-hybridized carbons (Fsp3) is 0.393. The van der Waals surface area contributed by atoms with Crippen molar-refractivity contribution in [2.24, 2.45) is 0 Å². The molecule has 0 aliphatic carbocycles. The SMILES string of the molecule is CCOC(=O)c1cc(-c2csc(C3CCN(C(=O)C(Cc4c[nH]c5ccc(C)cc45)NC(C)=O)CC3)n2)on1. The van der Waals surface area contributed by atoms with Crippen molar-refractivity contribution < 1.29 is 23.6 Å². The lowest BCUT2D eigenvalue weighted by atomic mass is 9.96. The summed E-state index contributed by atoms with van der Waals surface area (Å²) in [6.07, 6.45) is 3.87. The van der Waals surface area contributed by atoms with Crippen LogP contribution in [0.3, 0.4) is 0 Å². The Bertz CT molecular complexity index is 1500. The number of carbonyl (C=O) groups is 3. The number of H-pyrrole nitrogens is 1. The minimum Gasteiger partial charge on any atom is -0.461 e. The van der Waals surface area contributed by atoms with Crippen LogP contribution in [0.1, 0.15) is 59.2 Å². The van der Waals surface area contributed by atoms with Crippen LogP contribution >= 0.6 is 11.3 Å². The van der Waals surface area contributed by atoms with Gasteiger partial charge in [-0.05, 0) is 44.4 Å². The summed E-state index contributed by atoms with van der Waals surface area (Å²) in [5.74, 6) is -0.209. The highest BCUT2D eigenvalue weighted by atomic mass is 32.1. The Morgan fingerprint density at radius 3 is 2.79 bits per heavy atom. The van der Waals surface area contributed by atoms with Crippen molar-refractivity contribution in [2.45, 2.75) is 52.0 Å². The molecular weight excluding hydrogens is 518 g/mol. The van der Waals surface area contributed by atoms with Crippen molar-refractivity contribution in [3.8, 4) is 11.5 Å². The number of nitrogens with one attached hydrogen (secondary N) is 2. The number of aryl methyl sites for hydroxylation is 1. The first-order chi connectivity index (χ1) is 18.8. The molecule has 204 valence electrons. The van der Waals surface area contributed by atoms with Gasteiger partial charge in [-0.3, -0.25) is 9.59 Å². The van der Waals surface area contributed by atoms with E-state index < -0.39 is 12.0 Å². The van der Waals surface area contributed by atoms with Gasteiger partial charge in [-0.25, -0.2) is 9.78 Å². The number of carbonyl (C=O) groups excluding carboxylic acids is 3. The number of piperidine rings is 1. The Labute approximate surface area is 229 Å². The van der Waals surface area contributed by atoms with Gasteiger partial charge in [0.25, 0.3) is 0 Å². The second-order valence-corrected chi connectivity index (χ2v) is 10.7. The van der Waals surface area contributed by atoms with Crippen molar-refractivity contribution in [1.29, 1.82) is 0 Å². The second-order valence-electron chi connectivity index (χ2n) is 9.79. The van der Waals surface area contributed by atoms with Crippen molar-refractivity contribution in [3.63, 3.8) is 0 Å². The molecule has 1 atom stereocenters. The highest BCUT2D eigenvalue weighted by Gasteiger charge is 2.31. The average molecular weight is 550 g/mol. The molecule has 0 radical (unpaired) electrons. The minimum atomic E-state index is -0.634. The molecule has 5 rings (SSSR count). The fourth-order valence-electron chi connectivity index (χ4n) is 4.98. The fourth-order valence-corrected chi connectivity index (χ4v) is 5.96. The molecule has 4 heterocycles. The first kappa shape index (κ1) is 26.6. The molecule has 0 spiro atoms. The molecule has 2 N–H and O–H groups in total. The number of aromatic amines is 1. The van der Waals surface area contributed by atoms with Crippen molar-refractivity contribution in [2.75, 3.05) is 19.7 Å². The minimum absolute atomic E-state index is 0.0707. The van der Waals surface area contributed by atoms with E-state index in [-0.39, 0.29) is 30.0 Å². The van der Waals surface area contributed by atoms with Gasteiger partial charge >= 0.3 is 5.97 Å². The van der Waals surface area contributed by atoms with Gasteiger partial charge in [0.05, 0.1) is 11.6 Å². The first-order valence-electron chi connectivity index (χ1n) is 13.0. The molecule has 1 fully saturated rings. The number of thiazole rings is 1. The summed E-state index contributed by atoms with van der Waals surface area (Å²) in [6.45, 7) is 6.63. The number of ether oxygens (including phenoxy) is 1. The Balaban J connectivity index is 1.23. The van der Waals surface area contributed by atoms with E-state index in [0.717, 1.165) is 39.9 Å². The van der Waals surface area contributed by atoms with Crippen molar-refractivity contribution >= 4 is 40.0 Å². The lowest BCUT2D eigenvalue weighted by Crippen LogP contribution is -2.51. The van der Waals surface area contributed by atoms with E-state index in [1.165, 1.54) is 24.3 Å². The largest absolute Gasteiger partial charge is 0.461 e. The van der Waals surface area contributed by atoms with Crippen LogP contribution in [0.2, 0.25) is 0 Å². The van der Waals surface area contributed by atoms with Gasteiger partial charge in [-0.1, -0.05) is 16.8 Å². The van der Waals surface area contributed by atoms with E-state index in [1.54, 1.807) is 6.92 Å². The molecule has 0 saturated carbocycles. The van der Waals surface area contributed by atoms with Crippen LogP contribution in [0.4, 0.5) is 0 Å². The Hall–Kier alpha value is -3.99. The molecule has 0 bridgehead atoms. The predicted molar refractivity (Wildman–Crippen MR) is 146 cm³/mol. The van der Waals surface area contributed by atoms with Crippen LogP contribution in [-0.4, -0.2) is 63.5 Å². The van der Waals surface area contributed by atoms with Crippen molar-refractivity contribution in [3.05, 3.63) is 57.7 Å². The highest BCUT2D eigenvalue weighted by molar-refractivity contribution is 7.10. The molecule has 2 amide bonds. The molecule has 3 aromatic heterocycles. The molecule has 39 heavy (non-hydrogen) atoms. The number of amides is 2. The molecule has 11 heteroatoms. The van der Waals surface area contributed by atoms with Crippen LogP contribution in [0.5, 0.6) is 0 Å². The predicted octanol–water partition coefficient (Wildman–Crippen LogP) is 4.22. The van der Waals surface area contributed by atoms with Gasteiger partial charge in [0, 0.05) is 60.9 Å². The van der Waals surface area contributed by atoms with Crippen LogP contribution in [0.15, 0.2) is 40.4 Å². The van der Waals surface area contributed by atoms with Gasteiger partial charge in [0.15, 0.2) is 11.5 Å². The lowest BCUT2D eigenvalue weighted by molar-refractivity contribution is -0.137.